The molecule has 0 spiro atoms. The molecule has 0 aliphatic rings. The Balaban J connectivity index is 1.42. The van der Waals surface area contributed by atoms with Crippen LogP contribution in [0, 0.1) is 0 Å². The molecule has 0 radical (unpaired) electrons. The predicted molar refractivity (Wildman–Crippen MR) is 117 cm³/mol. The van der Waals surface area contributed by atoms with Crippen molar-refractivity contribution >= 4 is 16.9 Å². The van der Waals surface area contributed by atoms with E-state index >= 15 is 0 Å². The Hall–Kier alpha value is -3.67. The van der Waals surface area contributed by atoms with Crippen molar-refractivity contribution in [2.45, 2.75) is 19.4 Å². The van der Waals surface area contributed by atoms with Crippen LogP contribution in [0.4, 0.5) is 0 Å². The number of imidazole rings is 1. The van der Waals surface area contributed by atoms with Crippen molar-refractivity contribution in [2.24, 2.45) is 0 Å². The highest BCUT2D eigenvalue weighted by Crippen LogP contribution is 2.24. The molecule has 2 aromatic carbocycles. The Morgan fingerprint density at radius 2 is 1.80 bits per heavy atom. The monoisotopic (exact) mass is 400 g/mol. The number of nitrogens with one attached hydrogen (secondary N) is 1. The van der Waals surface area contributed by atoms with Crippen LogP contribution in [0.25, 0.3) is 22.4 Å². The number of carbonyl (C=O) groups excluding carboxylic acids is 1. The number of fused-ring (bicyclic) bond motifs is 1. The molecule has 4 aromatic rings. The number of aryl methyl sites for hydroxylation is 1. The summed E-state index contributed by atoms with van der Waals surface area (Å²) in [6, 6.07) is 19.7. The van der Waals surface area contributed by atoms with Gasteiger partial charge in [-0.05, 0) is 42.3 Å². The van der Waals surface area contributed by atoms with E-state index < -0.39 is 0 Å². The van der Waals surface area contributed by atoms with Crippen LogP contribution in [0.3, 0.4) is 0 Å². The standard InChI is InChI=1S/C24H24N4O2/c1-30-22-9-5-2-6-18(22)10-11-23(29)26-16-17-28-21-8-4-3-7-20(21)27-24(28)19-12-14-25-15-13-19/h2-9,12-15H,10-11,16-17H2,1H3,(H,26,29). The molecule has 0 aliphatic carbocycles. The van der Waals surface area contributed by atoms with E-state index in [0.29, 0.717) is 25.9 Å². The summed E-state index contributed by atoms with van der Waals surface area (Å²) in [5, 5.41) is 3.03. The summed E-state index contributed by atoms with van der Waals surface area (Å²) < 4.78 is 7.50. The van der Waals surface area contributed by atoms with Gasteiger partial charge < -0.3 is 14.6 Å². The third kappa shape index (κ3) is 4.33. The van der Waals surface area contributed by atoms with Crippen molar-refractivity contribution in [3.63, 3.8) is 0 Å². The molecular weight excluding hydrogens is 376 g/mol. The molecule has 0 atom stereocenters. The largest absolute Gasteiger partial charge is 0.496 e. The molecule has 0 bridgehead atoms. The molecule has 2 aromatic heterocycles. The summed E-state index contributed by atoms with van der Waals surface area (Å²) in [5.41, 5.74) is 4.03. The van der Waals surface area contributed by atoms with E-state index in [2.05, 4.69) is 20.9 Å². The third-order valence-corrected chi connectivity index (χ3v) is 5.06. The average Bonchev–Trinajstić information content (AvgIpc) is 3.17. The molecule has 1 amide bonds. The highest BCUT2D eigenvalue weighted by molar-refractivity contribution is 5.80. The van der Waals surface area contributed by atoms with Gasteiger partial charge in [0.1, 0.15) is 11.6 Å². The van der Waals surface area contributed by atoms with Crippen molar-refractivity contribution in [2.75, 3.05) is 13.7 Å². The van der Waals surface area contributed by atoms with Gasteiger partial charge in [-0.15, -0.1) is 0 Å². The summed E-state index contributed by atoms with van der Waals surface area (Å²) in [5.74, 6) is 1.72. The fraction of sp³-hybridized carbons (Fsp3) is 0.208. The fourth-order valence-corrected chi connectivity index (χ4v) is 3.58. The second-order valence-electron chi connectivity index (χ2n) is 6.97. The van der Waals surface area contributed by atoms with Gasteiger partial charge in [-0.2, -0.15) is 0 Å². The molecule has 6 heteroatoms. The Bertz CT molecular complexity index is 1140. The molecule has 1 N–H and O–H groups in total. The van der Waals surface area contributed by atoms with Crippen LogP contribution in [-0.4, -0.2) is 34.1 Å². The lowest BCUT2D eigenvalue weighted by Crippen LogP contribution is -2.27. The summed E-state index contributed by atoms with van der Waals surface area (Å²) in [6.07, 6.45) is 4.59. The zero-order valence-corrected chi connectivity index (χ0v) is 16.9. The van der Waals surface area contributed by atoms with Gasteiger partial charge in [0.2, 0.25) is 5.91 Å². The van der Waals surface area contributed by atoms with Crippen molar-refractivity contribution in [1.82, 2.24) is 19.9 Å². The molecule has 30 heavy (non-hydrogen) atoms. The predicted octanol–water partition coefficient (Wildman–Crippen LogP) is 3.86. The Labute approximate surface area is 175 Å². The fourth-order valence-electron chi connectivity index (χ4n) is 3.58. The summed E-state index contributed by atoms with van der Waals surface area (Å²) in [4.78, 5) is 21.3. The van der Waals surface area contributed by atoms with Crippen molar-refractivity contribution in [1.29, 1.82) is 0 Å². The van der Waals surface area contributed by atoms with Gasteiger partial charge in [-0.3, -0.25) is 9.78 Å². The van der Waals surface area contributed by atoms with Gasteiger partial charge in [0.25, 0.3) is 0 Å². The first-order chi connectivity index (χ1) is 14.8. The highest BCUT2D eigenvalue weighted by Gasteiger charge is 2.12. The maximum atomic E-state index is 12.4. The summed E-state index contributed by atoms with van der Waals surface area (Å²) in [7, 11) is 1.65. The number of amides is 1. The normalized spacial score (nSPS) is 10.8. The lowest BCUT2D eigenvalue weighted by Gasteiger charge is -2.11. The second-order valence-corrected chi connectivity index (χ2v) is 6.97. The number of carbonyl (C=O) groups is 1. The number of hydrogen-bond acceptors (Lipinski definition) is 4. The number of benzene rings is 2. The first-order valence-corrected chi connectivity index (χ1v) is 10.0. The molecular formula is C24H24N4O2. The van der Waals surface area contributed by atoms with Gasteiger partial charge in [0.05, 0.1) is 18.1 Å². The molecule has 152 valence electrons. The van der Waals surface area contributed by atoms with E-state index in [-0.39, 0.29) is 5.91 Å². The summed E-state index contributed by atoms with van der Waals surface area (Å²) >= 11 is 0. The summed E-state index contributed by atoms with van der Waals surface area (Å²) in [6.45, 7) is 1.17. The first kappa shape index (κ1) is 19.6. The SMILES string of the molecule is COc1ccccc1CCC(=O)NCCn1c(-c2ccncc2)nc2ccccc21. The number of nitrogens with zero attached hydrogens (tertiary/aromatic N) is 3. The quantitative estimate of drug-likeness (QED) is 0.488. The molecule has 6 nitrogen and oxygen atoms in total. The molecule has 0 unspecified atom stereocenters. The minimum atomic E-state index is 0.0239. The van der Waals surface area contributed by atoms with E-state index in [1.807, 2.05) is 54.6 Å². The van der Waals surface area contributed by atoms with Crippen LogP contribution >= 0.6 is 0 Å². The van der Waals surface area contributed by atoms with Gasteiger partial charge in [-0.25, -0.2) is 4.98 Å². The smallest absolute Gasteiger partial charge is 0.220 e. The zero-order valence-electron chi connectivity index (χ0n) is 16.9. The van der Waals surface area contributed by atoms with E-state index in [1.54, 1.807) is 19.5 Å². The number of para-hydroxylation sites is 3. The van der Waals surface area contributed by atoms with Gasteiger partial charge in [0.15, 0.2) is 0 Å². The molecule has 0 aliphatic heterocycles. The van der Waals surface area contributed by atoms with Crippen molar-refractivity contribution in [3.05, 3.63) is 78.6 Å². The van der Waals surface area contributed by atoms with Gasteiger partial charge in [0, 0.05) is 37.5 Å². The average molecular weight is 400 g/mol. The van der Waals surface area contributed by atoms with Crippen molar-refractivity contribution < 1.29 is 9.53 Å². The van der Waals surface area contributed by atoms with Crippen LogP contribution in [0.5, 0.6) is 5.75 Å². The minimum Gasteiger partial charge on any atom is -0.496 e. The Kier molecular flexibility index (Phi) is 6.03. The van der Waals surface area contributed by atoms with E-state index in [9.17, 15) is 4.79 Å². The van der Waals surface area contributed by atoms with E-state index in [4.69, 9.17) is 9.72 Å². The molecule has 0 fully saturated rings. The van der Waals surface area contributed by atoms with E-state index in [1.165, 1.54) is 0 Å². The lowest BCUT2D eigenvalue weighted by atomic mass is 10.1. The highest BCUT2D eigenvalue weighted by atomic mass is 16.5. The Morgan fingerprint density at radius 3 is 2.63 bits per heavy atom. The Morgan fingerprint density at radius 1 is 1.03 bits per heavy atom. The van der Waals surface area contributed by atoms with Crippen LogP contribution in [0.15, 0.2) is 73.1 Å². The maximum Gasteiger partial charge on any atom is 0.220 e. The number of pyridine rings is 1. The molecule has 2 heterocycles. The maximum absolute atomic E-state index is 12.4. The number of ether oxygens (including phenoxy) is 1. The first-order valence-electron chi connectivity index (χ1n) is 10.0. The van der Waals surface area contributed by atoms with E-state index in [0.717, 1.165) is 33.7 Å². The molecule has 0 saturated heterocycles. The molecule has 0 saturated carbocycles. The third-order valence-electron chi connectivity index (χ3n) is 5.06. The van der Waals surface area contributed by atoms with Crippen molar-refractivity contribution in [3.8, 4) is 17.1 Å². The number of aromatic nitrogens is 3. The topological polar surface area (TPSA) is 69.0 Å². The van der Waals surface area contributed by atoms with Crippen LogP contribution in [0.2, 0.25) is 0 Å². The number of methoxy groups -OCH3 is 1. The second kappa shape index (κ2) is 9.22. The van der Waals surface area contributed by atoms with Gasteiger partial charge >= 0.3 is 0 Å². The number of hydrogen-bond donors (Lipinski definition) is 1. The lowest BCUT2D eigenvalue weighted by molar-refractivity contribution is -0.121. The van der Waals surface area contributed by atoms with Crippen LogP contribution < -0.4 is 10.1 Å². The molecule has 4 rings (SSSR count). The zero-order chi connectivity index (χ0) is 20.8. The van der Waals surface area contributed by atoms with Crippen LogP contribution in [0.1, 0.15) is 12.0 Å². The van der Waals surface area contributed by atoms with Gasteiger partial charge in [-0.1, -0.05) is 30.3 Å². The van der Waals surface area contributed by atoms with Crippen LogP contribution in [-0.2, 0) is 17.8 Å². The minimum absolute atomic E-state index is 0.0239. The number of rotatable bonds is 8.